The van der Waals surface area contributed by atoms with E-state index in [4.69, 9.17) is 50.9 Å². The van der Waals surface area contributed by atoms with Gasteiger partial charge in [0.1, 0.15) is 55.9 Å². The second kappa shape index (κ2) is 19.3. The lowest BCUT2D eigenvalue weighted by atomic mass is 10.1. The maximum Gasteiger partial charge on any atom is 0.327 e. The van der Waals surface area contributed by atoms with Gasteiger partial charge in [-0.1, -0.05) is 36.4 Å². The number of aromatic nitrogens is 8. The summed E-state index contributed by atoms with van der Waals surface area (Å²) in [6.07, 6.45) is -3.02. The van der Waals surface area contributed by atoms with Crippen LogP contribution < -0.4 is 10.6 Å². The molecule has 63 heavy (non-hydrogen) atoms. The molecule has 24 heteroatoms. The van der Waals surface area contributed by atoms with E-state index in [9.17, 15) is 19.8 Å². The molecule has 2 aliphatic heterocycles. The number of ether oxygens (including phenoxy) is 4. The van der Waals surface area contributed by atoms with Gasteiger partial charge in [-0.3, -0.25) is 23.2 Å². The summed E-state index contributed by atoms with van der Waals surface area (Å²) in [6, 6.07) is 17.2. The highest BCUT2D eigenvalue weighted by Crippen LogP contribution is 2.54. The van der Waals surface area contributed by atoms with Crippen LogP contribution in [0.1, 0.15) is 33.2 Å². The Morgan fingerprint density at radius 1 is 0.778 bits per heavy atom. The third kappa shape index (κ3) is 9.05. The SMILES string of the molecule is [C-]#[N+]CCOP(=S)(OC[C@H]1O[C@@H](n2cnc3c(NC(=O)c4ccccc4)ncnc32)[C@@H](OC)C1O)OC1[C@@H](CO)O[C@@H](n2cnc3c(NC(=O)c4ccccc4)ncnc32)[C@H]1OC. The largest absolute Gasteiger partial charge is 0.394 e. The van der Waals surface area contributed by atoms with E-state index in [0.717, 1.165) is 0 Å². The molecule has 0 aliphatic carbocycles. The smallest absolute Gasteiger partial charge is 0.327 e. The van der Waals surface area contributed by atoms with Crippen LogP contribution in [0.4, 0.5) is 11.6 Å². The third-order valence-electron chi connectivity index (χ3n) is 10.2. The number of carbonyl (C=O) groups is 2. The Hall–Kier alpha value is -5.74. The van der Waals surface area contributed by atoms with E-state index in [1.165, 1.54) is 39.5 Å². The molecular weight excluding hydrogens is 862 g/mol. The molecule has 2 aliphatic rings. The molecule has 2 aromatic carbocycles. The Kier molecular flexibility index (Phi) is 13.5. The van der Waals surface area contributed by atoms with Gasteiger partial charge in [-0.2, -0.15) is 0 Å². The maximum atomic E-state index is 13.0. The van der Waals surface area contributed by atoms with Gasteiger partial charge in [-0.25, -0.2) is 36.5 Å². The minimum atomic E-state index is -3.87. The van der Waals surface area contributed by atoms with E-state index in [2.05, 4.69) is 45.4 Å². The number of nitrogens with one attached hydrogen (secondary N) is 2. The van der Waals surface area contributed by atoms with Gasteiger partial charge in [-0.15, -0.1) is 0 Å². The molecular formula is C39H40N11O11PS. The van der Waals surface area contributed by atoms with Gasteiger partial charge in [0, 0.05) is 25.3 Å². The number of amides is 2. The first-order valence-electron chi connectivity index (χ1n) is 19.3. The van der Waals surface area contributed by atoms with Crippen LogP contribution in [0, 0.1) is 6.57 Å². The molecule has 8 rings (SSSR count). The molecule has 0 radical (unpaired) electrons. The van der Waals surface area contributed by atoms with Gasteiger partial charge < -0.3 is 53.7 Å². The van der Waals surface area contributed by atoms with Crippen molar-refractivity contribution in [2.45, 2.75) is 49.1 Å². The van der Waals surface area contributed by atoms with Crippen molar-refractivity contribution < 1.29 is 52.3 Å². The average Bonchev–Trinajstić information content (AvgIpc) is 4.09. The van der Waals surface area contributed by atoms with Crippen molar-refractivity contribution in [3.8, 4) is 0 Å². The Labute approximate surface area is 363 Å². The molecule has 2 amide bonds. The van der Waals surface area contributed by atoms with E-state index >= 15 is 0 Å². The number of methoxy groups -OCH3 is 2. The summed E-state index contributed by atoms with van der Waals surface area (Å²) in [4.78, 5) is 55.3. The van der Waals surface area contributed by atoms with Gasteiger partial charge in [0.25, 0.3) is 11.8 Å². The maximum absolute atomic E-state index is 13.0. The van der Waals surface area contributed by atoms with Crippen LogP contribution in [0.2, 0.25) is 0 Å². The quantitative estimate of drug-likeness (QED) is 0.0583. The first-order chi connectivity index (χ1) is 30.7. The number of aliphatic hydroxyl groups is 2. The summed E-state index contributed by atoms with van der Waals surface area (Å²) >= 11 is 5.89. The zero-order valence-electron chi connectivity index (χ0n) is 33.5. The summed E-state index contributed by atoms with van der Waals surface area (Å²) in [7, 11) is 2.82. The number of nitrogens with zero attached hydrogens (tertiary/aromatic N) is 9. The first-order valence-corrected chi connectivity index (χ1v) is 21.9. The number of hydrogen-bond acceptors (Lipinski definition) is 18. The van der Waals surface area contributed by atoms with E-state index in [-0.39, 0.29) is 53.7 Å². The predicted molar refractivity (Wildman–Crippen MR) is 224 cm³/mol. The van der Waals surface area contributed by atoms with E-state index in [1.54, 1.807) is 69.8 Å². The van der Waals surface area contributed by atoms with Crippen LogP contribution in [0.5, 0.6) is 0 Å². The third-order valence-corrected chi connectivity index (χ3v) is 12.6. The van der Waals surface area contributed by atoms with Gasteiger partial charge >= 0.3 is 6.72 Å². The first kappa shape index (κ1) is 43.9. The van der Waals surface area contributed by atoms with Crippen LogP contribution in [0.25, 0.3) is 27.2 Å². The molecule has 0 spiro atoms. The number of anilines is 2. The summed E-state index contributed by atoms with van der Waals surface area (Å²) in [5.41, 5.74) is 1.92. The number of benzene rings is 2. The monoisotopic (exact) mass is 901 g/mol. The fourth-order valence-corrected chi connectivity index (χ4v) is 9.29. The molecule has 9 atom stereocenters. The second-order valence-corrected chi connectivity index (χ2v) is 16.9. The van der Waals surface area contributed by atoms with Gasteiger partial charge in [-0.05, 0) is 36.1 Å². The lowest BCUT2D eigenvalue weighted by molar-refractivity contribution is -0.0606. The zero-order valence-corrected chi connectivity index (χ0v) is 35.2. The van der Waals surface area contributed by atoms with Gasteiger partial charge in [0.2, 0.25) is 6.54 Å². The molecule has 4 aromatic heterocycles. The predicted octanol–water partition coefficient (Wildman–Crippen LogP) is 2.91. The van der Waals surface area contributed by atoms with Crippen molar-refractivity contribution in [1.29, 1.82) is 0 Å². The van der Waals surface area contributed by atoms with Crippen LogP contribution in [0.3, 0.4) is 0 Å². The Morgan fingerprint density at radius 2 is 1.30 bits per heavy atom. The number of hydrogen-bond donors (Lipinski definition) is 4. The molecule has 0 bridgehead atoms. The van der Waals surface area contributed by atoms with E-state index < -0.39 is 74.2 Å². The van der Waals surface area contributed by atoms with E-state index in [1.807, 2.05) is 0 Å². The molecule has 6 heterocycles. The van der Waals surface area contributed by atoms with Crippen molar-refractivity contribution in [3.63, 3.8) is 0 Å². The van der Waals surface area contributed by atoms with Crippen LogP contribution in [-0.4, -0.2) is 138 Å². The normalized spacial score (nSPS) is 24.3. The van der Waals surface area contributed by atoms with Gasteiger partial charge in [0.15, 0.2) is 46.4 Å². The lowest BCUT2D eigenvalue weighted by Gasteiger charge is -2.30. The molecule has 2 saturated heterocycles. The molecule has 4 N–H and O–H groups in total. The Morgan fingerprint density at radius 3 is 1.81 bits per heavy atom. The summed E-state index contributed by atoms with van der Waals surface area (Å²) in [5, 5.41) is 27.6. The van der Waals surface area contributed by atoms with Crippen molar-refractivity contribution in [1.82, 2.24) is 39.0 Å². The molecule has 328 valence electrons. The van der Waals surface area contributed by atoms with Crippen molar-refractivity contribution in [2.24, 2.45) is 0 Å². The minimum Gasteiger partial charge on any atom is -0.394 e. The molecule has 22 nitrogen and oxygen atoms in total. The standard InChI is InChI=1S/C39H40N11O11PS/c1-40-14-15-57-62(63,58-17-25-28(52)30(55-2)38(60-25)49-20-45-26-32(41-18-43-34(26)49)47-36(53)22-10-6-4-7-11-22)61-29-24(16-51)59-39(31(29)56-3)50-21-46-27-33(42-19-44-35(27)50)48-37(54)23-12-8-5-9-13-23/h4-13,18-21,24-25,28-31,38-39,51-52H,14-17H2,2-3H3,(H,41,43,47,53)(H,42,44,48,54)/t24-,25-,28?,29?,30+,31+,38-,39-,62?/m1/s1. The number of rotatable bonds is 17. The van der Waals surface area contributed by atoms with Crippen molar-refractivity contribution in [2.75, 3.05) is 51.2 Å². The fraction of sp³-hybridized carbons (Fsp3) is 0.359. The summed E-state index contributed by atoms with van der Waals surface area (Å²) in [6.45, 7) is 2.27. The highest BCUT2D eigenvalue weighted by atomic mass is 32.5. The Balaban J connectivity index is 0.996. The second-order valence-electron chi connectivity index (χ2n) is 14.0. The summed E-state index contributed by atoms with van der Waals surface area (Å²) < 4.78 is 45.8. The number of fused-ring (bicyclic) bond motifs is 2. The topological polar surface area (TPSA) is 255 Å². The van der Waals surface area contributed by atoms with Crippen LogP contribution in [-0.2, 0) is 44.3 Å². The molecule has 0 saturated carbocycles. The molecule has 6 aromatic rings. The van der Waals surface area contributed by atoms with Crippen LogP contribution >= 0.6 is 6.72 Å². The molecule has 3 unspecified atom stereocenters. The van der Waals surface area contributed by atoms with Crippen molar-refractivity contribution >= 4 is 64.3 Å². The molecule has 2 fully saturated rings. The number of carbonyl (C=O) groups excluding carboxylic acids is 2. The number of imidazole rings is 2. The fourth-order valence-electron chi connectivity index (χ4n) is 7.20. The van der Waals surface area contributed by atoms with Crippen LogP contribution in [0.15, 0.2) is 86.0 Å². The van der Waals surface area contributed by atoms with E-state index in [0.29, 0.717) is 11.1 Å². The average molecular weight is 902 g/mol. The highest BCUT2D eigenvalue weighted by Gasteiger charge is 2.51. The highest BCUT2D eigenvalue weighted by molar-refractivity contribution is 8.07. The van der Waals surface area contributed by atoms with Gasteiger partial charge in [0.05, 0.1) is 25.9 Å². The Bertz CT molecular complexity index is 2650. The van der Waals surface area contributed by atoms with Crippen molar-refractivity contribution in [3.05, 3.63) is 109 Å². The zero-order chi connectivity index (χ0) is 44.1. The summed E-state index contributed by atoms with van der Waals surface area (Å²) in [5.74, 6) is -0.477. The number of aliphatic hydroxyl groups excluding tert-OH is 2. The lowest BCUT2D eigenvalue weighted by Crippen LogP contribution is -2.38. The minimum absolute atomic E-state index is 0.0738.